The van der Waals surface area contributed by atoms with Gasteiger partial charge in [0.05, 0.1) is 4.92 Å². The number of nitrogens with one attached hydrogen (secondary N) is 1. The van der Waals surface area contributed by atoms with Gasteiger partial charge in [-0.25, -0.2) is 13.4 Å². The van der Waals surface area contributed by atoms with Crippen LogP contribution in [-0.4, -0.2) is 18.3 Å². The lowest BCUT2D eigenvalue weighted by Gasteiger charge is -2.08. The van der Waals surface area contributed by atoms with E-state index in [9.17, 15) is 18.5 Å². The summed E-state index contributed by atoms with van der Waals surface area (Å²) in [7, 11) is -4.19. The van der Waals surface area contributed by atoms with Crippen LogP contribution in [0.1, 0.15) is 0 Å². The van der Waals surface area contributed by atoms with Gasteiger partial charge in [-0.2, -0.15) is 0 Å². The lowest BCUT2D eigenvalue weighted by atomic mass is 10.3. The Morgan fingerprint density at radius 3 is 2.43 bits per heavy atom. The first-order valence-corrected chi connectivity index (χ1v) is 7.62. The van der Waals surface area contributed by atoms with Crippen molar-refractivity contribution in [3.63, 3.8) is 0 Å². The summed E-state index contributed by atoms with van der Waals surface area (Å²) in [5, 5.41) is 11.3. The summed E-state index contributed by atoms with van der Waals surface area (Å²) in [4.78, 5) is 13.4. The molecule has 0 saturated heterocycles. The van der Waals surface area contributed by atoms with E-state index in [0.29, 0.717) is 0 Å². The summed E-state index contributed by atoms with van der Waals surface area (Å²) < 4.78 is 26.5. The van der Waals surface area contributed by atoms with Gasteiger partial charge in [0, 0.05) is 28.4 Å². The van der Waals surface area contributed by atoms with Crippen LogP contribution in [-0.2, 0) is 10.0 Å². The second-order valence-corrected chi connectivity index (χ2v) is 6.36. The highest BCUT2D eigenvalue weighted by atomic mass is 35.5. The van der Waals surface area contributed by atoms with Crippen LogP contribution in [0.3, 0.4) is 0 Å². The summed E-state index contributed by atoms with van der Waals surface area (Å²) in [5.41, 5.74) is -0.628. The van der Waals surface area contributed by atoms with Gasteiger partial charge in [0.25, 0.3) is 15.7 Å². The molecule has 2 aromatic rings. The van der Waals surface area contributed by atoms with Crippen LogP contribution >= 0.6 is 23.2 Å². The average Bonchev–Trinajstić information content (AvgIpc) is 2.37. The number of pyridine rings is 1. The van der Waals surface area contributed by atoms with Gasteiger partial charge in [-0.05, 0) is 18.2 Å². The Balaban J connectivity index is 2.47. The fourth-order valence-corrected chi connectivity index (χ4v) is 2.99. The topological polar surface area (TPSA) is 102 Å². The maximum atomic E-state index is 12.2. The number of sulfonamides is 1. The maximum Gasteiger partial charge on any atom is 0.291 e. The molecular weight excluding hydrogens is 341 g/mol. The van der Waals surface area contributed by atoms with E-state index in [1.54, 1.807) is 0 Å². The van der Waals surface area contributed by atoms with Crippen molar-refractivity contribution < 1.29 is 13.3 Å². The number of nitro groups is 1. The number of anilines is 1. The highest BCUT2D eigenvalue weighted by Gasteiger charge is 2.26. The van der Waals surface area contributed by atoms with Crippen molar-refractivity contribution in [3.8, 4) is 0 Å². The average molecular weight is 348 g/mol. The fourth-order valence-electron chi connectivity index (χ4n) is 1.51. The zero-order valence-electron chi connectivity index (χ0n) is 10.2. The van der Waals surface area contributed by atoms with Crippen molar-refractivity contribution >= 4 is 44.7 Å². The van der Waals surface area contributed by atoms with Gasteiger partial charge in [0.1, 0.15) is 5.82 Å². The highest BCUT2D eigenvalue weighted by molar-refractivity contribution is 7.92. The number of nitro benzene ring substituents is 1. The van der Waals surface area contributed by atoms with Crippen molar-refractivity contribution in [2.45, 2.75) is 4.90 Å². The molecule has 0 spiro atoms. The molecule has 0 unspecified atom stereocenters. The summed E-state index contributed by atoms with van der Waals surface area (Å²) in [6, 6.07) is 5.99. The first kappa shape index (κ1) is 15.5. The van der Waals surface area contributed by atoms with Gasteiger partial charge in [0.2, 0.25) is 0 Å². The van der Waals surface area contributed by atoms with Crippen LogP contribution in [0.2, 0.25) is 10.0 Å². The molecule has 0 amide bonds. The fraction of sp³-hybridized carbons (Fsp3) is 0. The number of nitrogens with zero attached hydrogens (tertiary/aromatic N) is 2. The molecule has 0 atom stereocenters. The van der Waals surface area contributed by atoms with Gasteiger partial charge in [-0.1, -0.05) is 23.2 Å². The quantitative estimate of drug-likeness (QED) is 0.676. The summed E-state index contributed by atoms with van der Waals surface area (Å²) >= 11 is 11.4. The molecule has 21 heavy (non-hydrogen) atoms. The third-order valence-electron chi connectivity index (χ3n) is 2.37. The number of rotatable bonds is 4. The van der Waals surface area contributed by atoms with Crippen molar-refractivity contribution in [2.24, 2.45) is 0 Å². The molecule has 0 aliphatic heterocycles. The largest absolute Gasteiger partial charge is 0.291 e. The van der Waals surface area contributed by atoms with Crippen molar-refractivity contribution in [1.29, 1.82) is 0 Å². The molecule has 1 aromatic carbocycles. The van der Waals surface area contributed by atoms with E-state index in [1.807, 2.05) is 0 Å². The van der Waals surface area contributed by atoms with Crippen LogP contribution in [0, 0.1) is 10.1 Å². The normalized spacial score (nSPS) is 11.1. The molecule has 0 aliphatic rings. The van der Waals surface area contributed by atoms with E-state index in [0.717, 1.165) is 12.1 Å². The summed E-state index contributed by atoms with van der Waals surface area (Å²) in [6.07, 6.45) is 1.30. The lowest BCUT2D eigenvalue weighted by molar-refractivity contribution is -0.387. The Morgan fingerprint density at radius 2 is 1.81 bits per heavy atom. The highest BCUT2D eigenvalue weighted by Crippen LogP contribution is 2.28. The smallest absolute Gasteiger partial charge is 0.263 e. The van der Waals surface area contributed by atoms with Crippen LogP contribution in [0.5, 0.6) is 0 Å². The monoisotopic (exact) mass is 347 g/mol. The zero-order valence-corrected chi connectivity index (χ0v) is 12.5. The standard InChI is InChI=1S/C11H7Cl2N3O4S/c12-7-1-2-10(9(5-7)16(17)18)21(19,20)15-11-6-8(13)3-4-14-11/h1-6H,(H,14,15). The molecule has 110 valence electrons. The van der Waals surface area contributed by atoms with Crippen LogP contribution in [0.15, 0.2) is 41.4 Å². The minimum absolute atomic E-state index is 0.0493. The van der Waals surface area contributed by atoms with E-state index in [-0.39, 0.29) is 15.9 Å². The van der Waals surface area contributed by atoms with E-state index in [1.165, 1.54) is 24.4 Å². The molecule has 1 aromatic heterocycles. The molecule has 2 rings (SSSR count). The Morgan fingerprint density at radius 1 is 1.14 bits per heavy atom. The molecule has 1 N–H and O–H groups in total. The van der Waals surface area contributed by atoms with E-state index in [2.05, 4.69) is 9.71 Å². The molecule has 0 fully saturated rings. The Labute approximate surface area is 129 Å². The molecule has 0 bridgehead atoms. The number of benzene rings is 1. The van der Waals surface area contributed by atoms with Crippen molar-refractivity contribution in [1.82, 2.24) is 4.98 Å². The second kappa shape index (κ2) is 5.84. The predicted molar refractivity (Wildman–Crippen MR) is 78.2 cm³/mol. The molecule has 1 heterocycles. The van der Waals surface area contributed by atoms with E-state index >= 15 is 0 Å². The third kappa shape index (κ3) is 3.60. The molecule has 10 heteroatoms. The van der Waals surface area contributed by atoms with Crippen LogP contribution < -0.4 is 4.72 Å². The lowest BCUT2D eigenvalue weighted by Crippen LogP contribution is -2.15. The first-order chi connectivity index (χ1) is 9.79. The van der Waals surface area contributed by atoms with Gasteiger partial charge < -0.3 is 0 Å². The SMILES string of the molecule is O=[N+]([O-])c1cc(Cl)ccc1S(=O)(=O)Nc1cc(Cl)ccn1. The molecule has 0 saturated carbocycles. The van der Waals surface area contributed by atoms with Crippen LogP contribution in [0.4, 0.5) is 11.5 Å². The Bertz CT molecular complexity index is 811. The van der Waals surface area contributed by atoms with Crippen molar-refractivity contribution in [2.75, 3.05) is 4.72 Å². The van der Waals surface area contributed by atoms with E-state index in [4.69, 9.17) is 23.2 Å². The number of halogens is 2. The summed E-state index contributed by atoms with van der Waals surface area (Å²) in [6.45, 7) is 0. The minimum Gasteiger partial charge on any atom is -0.263 e. The predicted octanol–water partition coefficient (Wildman–Crippen LogP) is 3.10. The molecule has 0 aliphatic carbocycles. The van der Waals surface area contributed by atoms with Crippen molar-refractivity contribution in [3.05, 3.63) is 56.7 Å². The number of hydrogen-bond acceptors (Lipinski definition) is 5. The Hall–Kier alpha value is -1.90. The van der Waals surface area contributed by atoms with E-state index < -0.39 is 25.5 Å². The van der Waals surface area contributed by atoms with Gasteiger partial charge in [-0.15, -0.1) is 0 Å². The minimum atomic E-state index is -4.19. The Kier molecular flexibility index (Phi) is 4.31. The van der Waals surface area contributed by atoms with Gasteiger partial charge >= 0.3 is 0 Å². The molecular formula is C11H7Cl2N3O4S. The number of aromatic nitrogens is 1. The third-order valence-corrected chi connectivity index (χ3v) is 4.24. The van der Waals surface area contributed by atoms with Gasteiger partial charge in [-0.3, -0.25) is 14.8 Å². The van der Waals surface area contributed by atoms with Gasteiger partial charge in [0.15, 0.2) is 4.90 Å². The molecule has 7 nitrogen and oxygen atoms in total. The number of hydrogen-bond donors (Lipinski definition) is 1. The maximum absolute atomic E-state index is 12.2. The van der Waals surface area contributed by atoms with Crippen LogP contribution in [0.25, 0.3) is 0 Å². The molecule has 0 radical (unpaired) electrons. The zero-order chi connectivity index (χ0) is 15.6. The summed E-state index contributed by atoms with van der Waals surface area (Å²) in [5.74, 6) is -0.0493. The first-order valence-electron chi connectivity index (χ1n) is 5.38. The second-order valence-electron chi connectivity index (χ2n) is 3.83.